The molecule has 1 amide bonds. The average molecular weight is 376 g/mol. The van der Waals surface area contributed by atoms with Gasteiger partial charge < -0.3 is 14.8 Å². The second-order valence-corrected chi connectivity index (χ2v) is 7.14. The number of hydrogen-bond donors (Lipinski definition) is 1. The maximum absolute atomic E-state index is 12.8. The molecule has 7 nitrogen and oxygen atoms in total. The summed E-state index contributed by atoms with van der Waals surface area (Å²) in [5, 5.41) is 3.17. The number of piperidine rings is 1. The molecule has 0 aliphatic carbocycles. The molecule has 3 heterocycles. The molecule has 4 rings (SSSR count). The number of nitrogens with one attached hydrogen (secondary N) is 1. The zero-order chi connectivity index (χ0) is 19.3. The predicted octanol–water partition coefficient (Wildman–Crippen LogP) is 2.76. The van der Waals surface area contributed by atoms with E-state index < -0.39 is 0 Å². The van der Waals surface area contributed by atoms with E-state index in [0.29, 0.717) is 6.54 Å². The van der Waals surface area contributed by atoms with Gasteiger partial charge in [-0.25, -0.2) is 9.97 Å². The Morgan fingerprint density at radius 2 is 2.04 bits per heavy atom. The molecule has 1 aromatic carbocycles. The van der Waals surface area contributed by atoms with Crippen LogP contribution in [0.25, 0.3) is 5.69 Å². The Bertz CT molecular complexity index is 894. The summed E-state index contributed by atoms with van der Waals surface area (Å²) in [4.78, 5) is 27.5. The molecular formula is C21H24N6O. The van der Waals surface area contributed by atoms with Crippen LogP contribution < -0.4 is 10.2 Å². The van der Waals surface area contributed by atoms with Gasteiger partial charge in [-0.05, 0) is 37.5 Å². The van der Waals surface area contributed by atoms with Gasteiger partial charge in [0.25, 0.3) is 0 Å². The molecule has 1 N–H and O–H groups in total. The molecule has 0 radical (unpaired) electrons. The third-order valence-corrected chi connectivity index (χ3v) is 5.22. The molecule has 0 unspecified atom stereocenters. The molecule has 2 aromatic heterocycles. The molecule has 0 bridgehead atoms. The molecule has 1 aliphatic rings. The van der Waals surface area contributed by atoms with Crippen molar-refractivity contribution in [1.29, 1.82) is 0 Å². The third kappa shape index (κ3) is 4.03. The van der Waals surface area contributed by atoms with E-state index in [0.717, 1.165) is 36.5 Å². The Morgan fingerprint density at radius 3 is 2.75 bits per heavy atom. The van der Waals surface area contributed by atoms with Crippen molar-refractivity contribution in [3.63, 3.8) is 0 Å². The van der Waals surface area contributed by atoms with Gasteiger partial charge in [0.05, 0.1) is 24.5 Å². The minimum Gasteiger partial charge on any atom is -0.355 e. The first kappa shape index (κ1) is 18.2. The van der Waals surface area contributed by atoms with Gasteiger partial charge in [-0.2, -0.15) is 0 Å². The Balaban J connectivity index is 1.37. The second kappa shape index (κ2) is 8.21. The number of carbonyl (C=O) groups excluding carboxylic acids is 1. The number of carbonyl (C=O) groups is 1. The molecule has 1 aliphatic heterocycles. The summed E-state index contributed by atoms with van der Waals surface area (Å²) in [5.41, 5.74) is 2.13. The highest BCUT2D eigenvalue weighted by Crippen LogP contribution is 2.22. The second-order valence-electron chi connectivity index (χ2n) is 7.14. The number of nitrogens with zero attached hydrogens (tertiary/aromatic N) is 5. The number of anilines is 1. The summed E-state index contributed by atoms with van der Waals surface area (Å²) in [6.07, 6.45) is 12.4. The van der Waals surface area contributed by atoms with Crippen molar-refractivity contribution in [1.82, 2.24) is 24.8 Å². The summed E-state index contributed by atoms with van der Waals surface area (Å²) in [6, 6.07) is 8.13. The Labute approximate surface area is 164 Å². The Kier molecular flexibility index (Phi) is 5.32. The van der Waals surface area contributed by atoms with Crippen LogP contribution in [0.3, 0.4) is 0 Å². The molecular weight excluding hydrogens is 352 g/mol. The third-order valence-electron chi connectivity index (χ3n) is 5.22. The summed E-state index contributed by atoms with van der Waals surface area (Å²) in [6.45, 7) is 3.61. The van der Waals surface area contributed by atoms with Crippen molar-refractivity contribution >= 4 is 11.7 Å². The molecule has 1 fully saturated rings. The highest BCUT2D eigenvalue weighted by Gasteiger charge is 2.27. The van der Waals surface area contributed by atoms with Gasteiger partial charge in [0.15, 0.2) is 0 Å². The fourth-order valence-corrected chi connectivity index (χ4v) is 3.62. The van der Waals surface area contributed by atoms with Crippen LogP contribution >= 0.6 is 0 Å². The van der Waals surface area contributed by atoms with Crippen molar-refractivity contribution in [2.24, 2.45) is 5.92 Å². The Morgan fingerprint density at radius 1 is 1.18 bits per heavy atom. The molecule has 3 aromatic rings. The van der Waals surface area contributed by atoms with Gasteiger partial charge in [-0.1, -0.05) is 12.1 Å². The van der Waals surface area contributed by atoms with E-state index in [9.17, 15) is 4.79 Å². The smallest absolute Gasteiger partial charge is 0.225 e. The first-order valence-corrected chi connectivity index (χ1v) is 9.60. The van der Waals surface area contributed by atoms with E-state index >= 15 is 0 Å². The van der Waals surface area contributed by atoms with Crippen LogP contribution in [-0.4, -0.2) is 38.5 Å². The molecule has 144 valence electrons. The number of benzene rings is 1. The van der Waals surface area contributed by atoms with Gasteiger partial charge in [-0.3, -0.25) is 9.78 Å². The molecule has 0 spiro atoms. The average Bonchev–Trinajstić information content (AvgIpc) is 3.29. The lowest BCUT2D eigenvalue weighted by molar-refractivity contribution is -0.125. The van der Waals surface area contributed by atoms with E-state index in [1.807, 2.05) is 42.0 Å². The van der Waals surface area contributed by atoms with Crippen LogP contribution in [0.1, 0.15) is 31.4 Å². The quantitative estimate of drug-likeness (QED) is 0.741. The molecule has 1 saturated heterocycles. The first-order valence-electron chi connectivity index (χ1n) is 9.60. The van der Waals surface area contributed by atoms with Gasteiger partial charge >= 0.3 is 0 Å². The summed E-state index contributed by atoms with van der Waals surface area (Å²) < 4.78 is 1.95. The van der Waals surface area contributed by atoms with Crippen molar-refractivity contribution in [2.45, 2.75) is 25.8 Å². The monoisotopic (exact) mass is 376 g/mol. The normalized spacial score (nSPS) is 17.9. The SMILES string of the molecule is C[C@H](NC(=O)[C@@H]1CCCN(c2cnccn2)C1)c1ccc(-n2ccnc2)cc1. The van der Waals surface area contributed by atoms with Crippen LogP contribution in [0.4, 0.5) is 5.82 Å². The van der Waals surface area contributed by atoms with Crippen LogP contribution in [0.15, 0.2) is 61.6 Å². The van der Waals surface area contributed by atoms with E-state index in [2.05, 4.69) is 25.2 Å². The van der Waals surface area contributed by atoms with E-state index in [1.54, 1.807) is 31.1 Å². The number of rotatable bonds is 5. The first-order chi connectivity index (χ1) is 13.7. The van der Waals surface area contributed by atoms with Crippen LogP contribution in [-0.2, 0) is 4.79 Å². The maximum Gasteiger partial charge on any atom is 0.225 e. The summed E-state index contributed by atoms with van der Waals surface area (Å²) in [7, 11) is 0. The number of amides is 1. The number of hydrogen-bond acceptors (Lipinski definition) is 5. The van der Waals surface area contributed by atoms with Crippen LogP contribution in [0.5, 0.6) is 0 Å². The maximum atomic E-state index is 12.8. The lowest BCUT2D eigenvalue weighted by Crippen LogP contribution is -2.44. The standard InChI is InChI=1S/C21H24N6O/c1-16(17-4-6-19(7-5-17)27-12-10-23-15-27)25-21(28)18-3-2-11-26(14-18)20-13-22-8-9-24-20/h4-10,12-13,15-16,18H,2-3,11,14H2,1H3,(H,25,28)/t16-,18+/m0/s1. The van der Waals surface area contributed by atoms with Gasteiger partial charge in [-0.15, -0.1) is 0 Å². The van der Waals surface area contributed by atoms with E-state index in [4.69, 9.17) is 0 Å². The zero-order valence-corrected chi connectivity index (χ0v) is 15.9. The van der Waals surface area contributed by atoms with Crippen LogP contribution in [0.2, 0.25) is 0 Å². The summed E-state index contributed by atoms with van der Waals surface area (Å²) >= 11 is 0. The van der Waals surface area contributed by atoms with Gasteiger partial charge in [0.2, 0.25) is 5.91 Å². The van der Waals surface area contributed by atoms with E-state index in [1.165, 1.54) is 0 Å². The lowest BCUT2D eigenvalue weighted by atomic mass is 9.96. The largest absolute Gasteiger partial charge is 0.355 e. The highest BCUT2D eigenvalue weighted by atomic mass is 16.2. The topological polar surface area (TPSA) is 75.9 Å². The van der Waals surface area contributed by atoms with E-state index in [-0.39, 0.29) is 17.9 Å². The molecule has 0 saturated carbocycles. The minimum absolute atomic E-state index is 0.0385. The van der Waals surface area contributed by atoms with Crippen molar-refractivity contribution in [3.05, 3.63) is 67.1 Å². The zero-order valence-electron chi connectivity index (χ0n) is 15.9. The fourth-order valence-electron chi connectivity index (χ4n) is 3.62. The number of aromatic nitrogens is 4. The number of imidazole rings is 1. The highest BCUT2D eigenvalue weighted by molar-refractivity contribution is 5.80. The Hall–Kier alpha value is -3.22. The fraction of sp³-hybridized carbons (Fsp3) is 0.333. The minimum atomic E-state index is -0.0452. The predicted molar refractivity (Wildman–Crippen MR) is 107 cm³/mol. The lowest BCUT2D eigenvalue weighted by Gasteiger charge is -2.33. The van der Waals surface area contributed by atoms with Crippen molar-refractivity contribution in [3.8, 4) is 5.69 Å². The van der Waals surface area contributed by atoms with Crippen LogP contribution in [0, 0.1) is 5.92 Å². The van der Waals surface area contributed by atoms with Crippen molar-refractivity contribution < 1.29 is 4.79 Å². The molecule has 2 atom stereocenters. The summed E-state index contributed by atoms with van der Waals surface area (Å²) in [5.74, 6) is 0.895. The van der Waals surface area contributed by atoms with Gasteiger partial charge in [0, 0.05) is 43.6 Å². The molecule has 28 heavy (non-hydrogen) atoms. The van der Waals surface area contributed by atoms with Gasteiger partial charge in [0.1, 0.15) is 5.82 Å². The molecule has 7 heteroatoms. The van der Waals surface area contributed by atoms with Crippen molar-refractivity contribution in [2.75, 3.05) is 18.0 Å².